The highest BCUT2D eigenvalue weighted by atomic mass is 32.1. The molecule has 3 aromatic rings. The van der Waals surface area contributed by atoms with Crippen molar-refractivity contribution in [2.45, 2.75) is 26.1 Å². The Labute approximate surface area is 187 Å². The third-order valence-corrected chi connectivity index (χ3v) is 5.75. The number of rotatable bonds is 8. The van der Waals surface area contributed by atoms with Crippen molar-refractivity contribution in [3.63, 3.8) is 0 Å². The van der Waals surface area contributed by atoms with E-state index in [0.717, 1.165) is 47.3 Å². The van der Waals surface area contributed by atoms with E-state index < -0.39 is 0 Å². The summed E-state index contributed by atoms with van der Waals surface area (Å²) in [6, 6.07) is 18.1. The van der Waals surface area contributed by atoms with Crippen molar-refractivity contribution in [1.29, 1.82) is 0 Å². The summed E-state index contributed by atoms with van der Waals surface area (Å²) in [5, 5.41) is 7.09. The Hall–Kier alpha value is -2.74. The zero-order chi connectivity index (χ0) is 21.5. The zero-order valence-electron chi connectivity index (χ0n) is 17.9. The van der Waals surface area contributed by atoms with E-state index >= 15 is 0 Å². The van der Waals surface area contributed by atoms with Gasteiger partial charge in [-0.25, -0.2) is 4.98 Å². The zero-order valence-corrected chi connectivity index (χ0v) is 18.7. The number of nitrogens with zero attached hydrogens (tertiary/aromatic N) is 3. The van der Waals surface area contributed by atoms with Crippen molar-refractivity contribution < 1.29 is 9.47 Å². The van der Waals surface area contributed by atoms with Gasteiger partial charge in [0.2, 0.25) is 5.13 Å². The molecule has 1 aliphatic rings. The number of ether oxygens (including phenoxy) is 2. The first-order valence-electron chi connectivity index (χ1n) is 10.6. The lowest BCUT2D eigenvalue weighted by Gasteiger charge is -2.35. The van der Waals surface area contributed by atoms with Crippen molar-refractivity contribution in [3.05, 3.63) is 65.5 Å². The molecule has 31 heavy (non-hydrogen) atoms. The number of aromatic nitrogens is 1. The first kappa shape index (κ1) is 21.5. The summed E-state index contributed by atoms with van der Waals surface area (Å²) in [4.78, 5) is 6.97. The van der Waals surface area contributed by atoms with Crippen LogP contribution < -0.4 is 10.2 Å². The van der Waals surface area contributed by atoms with Crippen molar-refractivity contribution in [2.75, 3.05) is 31.7 Å². The van der Waals surface area contributed by atoms with Crippen LogP contribution in [-0.2, 0) is 4.74 Å². The second-order valence-corrected chi connectivity index (χ2v) is 8.57. The summed E-state index contributed by atoms with van der Waals surface area (Å²) >= 11 is 1.54. The van der Waals surface area contributed by atoms with Crippen molar-refractivity contribution in [3.8, 4) is 17.0 Å². The molecule has 1 aromatic heterocycles. The minimum Gasteiger partial charge on any atom is -0.492 e. The van der Waals surface area contributed by atoms with Gasteiger partial charge in [0, 0.05) is 30.6 Å². The molecule has 0 radical (unpaired) electrons. The van der Waals surface area contributed by atoms with Gasteiger partial charge in [0.15, 0.2) is 0 Å². The molecule has 2 unspecified atom stereocenters. The Balaban J connectivity index is 1.22. The predicted molar refractivity (Wildman–Crippen MR) is 127 cm³/mol. The van der Waals surface area contributed by atoms with Crippen LogP contribution >= 0.6 is 11.3 Å². The molecular formula is C24H28N4O2S. The Kier molecular flexibility index (Phi) is 7.30. The van der Waals surface area contributed by atoms with Gasteiger partial charge in [-0.1, -0.05) is 30.3 Å². The Morgan fingerprint density at radius 1 is 1.13 bits per heavy atom. The molecule has 6 nitrogen and oxygen atoms in total. The Morgan fingerprint density at radius 3 is 2.61 bits per heavy atom. The molecule has 162 valence electrons. The van der Waals surface area contributed by atoms with Crippen LogP contribution in [0, 0.1) is 0 Å². The van der Waals surface area contributed by atoms with Gasteiger partial charge >= 0.3 is 0 Å². The maximum atomic E-state index is 5.90. The quantitative estimate of drug-likeness (QED) is 0.408. The van der Waals surface area contributed by atoms with E-state index in [0.29, 0.717) is 6.61 Å². The minimum atomic E-state index is 0.283. The van der Waals surface area contributed by atoms with E-state index in [9.17, 15) is 0 Å². The Bertz CT molecular complexity index is 965. The van der Waals surface area contributed by atoms with E-state index in [-0.39, 0.29) is 12.2 Å². The van der Waals surface area contributed by atoms with E-state index in [1.54, 1.807) is 6.21 Å². The lowest BCUT2D eigenvalue weighted by atomic mass is 10.2. The molecule has 1 fully saturated rings. The third kappa shape index (κ3) is 6.37. The molecule has 0 saturated carbocycles. The van der Waals surface area contributed by atoms with Crippen LogP contribution in [0.15, 0.2) is 65.1 Å². The molecule has 2 atom stereocenters. The predicted octanol–water partition coefficient (Wildman–Crippen LogP) is 4.74. The van der Waals surface area contributed by atoms with Crippen LogP contribution in [0.5, 0.6) is 5.75 Å². The van der Waals surface area contributed by atoms with Crippen molar-refractivity contribution in [2.24, 2.45) is 5.10 Å². The van der Waals surface area contributed by atoms with Crippen LogP contribution in [0.2, 0.25) is 0 Å². The highest BCUT2D eigenvalue weighted by molar-refractivity contribution is 7.14. The Morgan fingerprint density at radius 2 is 1.87 bits per heavy atom. The fraction of sp³-hybridized carbons (Fsp3) is 0.333. The average molecular weight is 437 g/mol. The van der Waals surface area contributed by atoms with Gasteiger partial charge in [-0.3, -0.25) is 10.3 Å². The molecule has 2 aromatic carbocycles. The fourth-order valence-corrected chi connectivity index (χ4v) is 4.31. The van der Waals surface area contributed by atoms with E-state index in [4.69, 9.17) is 9.47 Å². The van der Waals surface area contributed by atoms with E-state index in [2.05, 4.69) is 34.3 Å². The molecule has 0 bridgehead atoms. The number of hydrazone groups is 1. The SMILES string of the molecule is CC1CN(CCOc2ccc(C=NNc3nc(-c4ccccc4)cs3)cc2)CC(C)O1. The summed E-state index contributed by atoms with van der Waals surface area (Å²) < 4.78 is 11.7. The van der Waals surface area contributed by atoms with Crippen molar-refractivity contribution >= 4 is 22.7 Å². The summed E-state index contributed by atoms with van der Waals surface area (Å²) in [5.41, 5.74) is 6.05. The molecule has 1 saturated heterocycles. The topological polar surface area (TPSA) is 59.0 Å². The van der Waals surface area contributed by atoms with Crippen LogP contribution in [0.25, 0.3) is 11.3 Å². The minimum absolute atomic E-state index is 0.283. The highest BCUT2D eigenvalue weighted by Crippen LogP contribution is 2.24. The largest absolute Gasteiger partial charge is 0.492 e. The first-order valence-corrected chi connectivity index (χ1v) is 11.4. The van der Waals surface area contributed by atoms with Crippen LogP contribution in [0.1, 0.15) is 19.4 Å². The van der Waals surface area contributed by atoms with E-state index in [1.807, 2.05) is 60.0 Å². The molecular weight excluding hydrogens is 408 g/mol. The van der Waals surface area contributed by atoms with Gasteiger partial charge in [0.1, 0.15) is 12.4 Å². The second-order valence-electron chi connectivity index (χ2n) is 7.71. The van der Waals surface area contributed by atoms with Gasteiger partial charge in [-0.15, -0.1) is 11.3 Å². The second kappa shape index (κ2) is 10.5. The first-order chi connectivity index (χ1) is 15.2. The molecule has 0 amide bonds. The number of benzene rings is 2. The number of thiazole rings is 1. The molecule has 7 heteroatoms. The monoisotopic (exact) mass is 436 g/mol. The smallest absolute Gasteiger partial charge is 0.203 e. The number of hydrogen-bond acceptors (Lipinski definition) is 7. The summed E-state index contributed by atoms with van der Waals surface area (Å²) in [5.74, 6) is 0.867. The molecule has 0 aliphatic carbocycles. The number of anilines is 1. The summed E-state index contributed by atoms with van der Waals surface area (Å²) in [7, 11) is 0. The average Bonchev–Trinajstić information content (AvgIpc) is 3.24. The van der Waals surface area contributed by atoms with Gasteiger partial charge < -0.3 is 9.47 Å². The maximum Gasteiger partial charge on any atom is 0.203 e. The summed E-state index contributed by atoms with van der Waals surface area (Å²) in [6.07, 6.45) is 2.35. The van der Waals surface area contributed by atoms with Gasteiger partial charge in [-0.05, 0) is 43.7 Å². The maximum absolute atomic E-state index is 5.90. The third-order valence-electron chi connectivity index (χ3n) is 5.00. The number of nitrogens with one attached hydrogen (secondary N) is 1. The molecule has 1 aliphatic heterocycles. The van der Waals surface area contributed by atoms with Gasteiger partial charge in [0.25, 0.3) is 0 Å². The standard InChI is InChI=1S/C24H28N4O2S/c1-18-15-28(16-19(2)30-18)12-13-29-22-10-8-20(9-11-22)14-25-27-24-26-23(17-31-24)21-6-4-3-5-7-21/h3-11,14,17-19H,12-13,15-16H2,1-2H3,(H,26,27). The van der Waals surface area contributed by atoms with Gasteiger partial charge in [-0.2, -0.15) is 5.10 Å². The lowest BCUT2D eigenvalue weighted by molar-refractivity contribution is -0.0699. The van der Waals surface area contributed by atoms with Crippen LogP contribution in [0.3, 0.4) is 0 Å². The molecule has 4 rings (SSSR count). The van der Waals surface area contributed by atoms with E-state index in [1.165, 1.54) is 11.3 Å². The normalized spacial score (nSPS) is 19.5. The van der Waals surface area contributed by atoms with Crippen molar-refractivity contribution in [1.82, 2.24) is 9.88 Å². The summed E-state index contributed by atoms with van der Waals surface area (Å²) in [6.45, 7) is 7.74. The van der Waals surface area contributed by atoms with Crippen LogP contribution in [-0.4, -0.2) is 54.5 Å². The van der Waals surface area contributed by atoms with Crippen LogP contribution in [0.4, 0.5) is 5.13 Å². The fourth-order valence-electron chi connectivity index (χ4n) is 3.64. The van der Waals surface area contributed by atoms with Gasteiger partial charge in [0.05, 0.1) is 24.1 Å². The molecule has 2 heterocycles. The molecule has 1 N–H and O–H groups in total. The molecule has 0 spiro atoms. The lowest BCUT2D eigenvalue weighted by Crippen LogP contribution is -2.46. The number of morpholine rings is 1. The number of hydrogen-bond donors (Lipinski definition) is 1. The highest BCUT2D eigenvalue weighted by Gasteiger charge is 2.21.